The minimum atomic E-state index is -4.49. The molecule has 0 aliphatic carbocycles. The molecule has 0 aliphatic rings. The van der Waals surface area contributed by atoms with Crippen LogP contribution in [0.25, 0.3) is 17.2 Å². The molecule has 0 radical (unpaired) electrons. The Bertz CT molecular complexity index is 1140. The molecule has 4 aromatic rings. The molecule has 0 atom stereocenters. The molecule has 1 N–H and O–H groups in total. The summed E-state index contributed by atoms with van der Waals surface area (Å²) in [6.07, 6.45) is 2.79. The van der Waals surface area contributed by atoms with Gasteiger partial charge < -0.3 is 4.42 Å². The highest BCUT2D eigenvalue weighted by molar-refractivity contribution is 6.00. The van der Waals surface area contributed by atoms with E-state index in [4.69, 9.17) is 4.42 Å². The highest BCUT2D eigenvalue weighted by atomic mass is 19.4. The predicted octanol–water partition coefficient (Wildman–Crippen LogP) is 2.38. The number of carbonyl (C=O) groups excluding carboxylic acids is 1. The van der Waals surface area contributed by atoms with E-state index >= 15 is 0 Å². The molecule has 29 heavy (non-hydrogen) atoms. The Morgan fingerprint density at radius 2 is 1.93 bits per heavy atom. The van der Waals surface area contributed by atoms with Crippen molar-refractivity contribution >= 4 is 11.9 Å². The summed E-state index contributed by atoms with van der Waals surface area (Å²) in [6, 6.07) is 1.83. The predicted molar refractivity (Wildman–Crippen MR) is 89.6 cm³/mol. The third-order valence-corrected chi connectivity index (χ3v) is 3.60. The number of amides is 1. The van der Waals surface area contributed by atoms with E-state index in [2.05, 4.69) is 35.3 Å². The minimum Gasteiger partial charge on any atom is -0.431 e. The van der Waals surface area contributed by atoms with Crippen molar-refractivity contribution < 1.29 is 22.4 Å². The van der Waals surface area contributed by atoms with Gasteiger partial charge in [0.15, 0.2) is 5.82 Å². The summed E-state index contributed by atoms with van der Waals surface area (Å²) in [5, 5.41) is 6.30. The lowest BCUT2D eigenvalue weighted by atomic mass is 10.2. The van der Waals surface area contributed by atoms with Crippen molar-refractivity contribution in [1.82, 2.24) is 34.7 Å². The minimum absolute atomic E-state index is 0.0992. The van der Waals surface area contributed by atoms with Crippen LogP contribution in [0.1, 0.15) is 16.2 Å². The number of hydrogen-bond acceptors (Lipinski definition) is 8. The average Bonchev–Trinajstić information content (AvgIpc) is 3.38. The van der Waals surface area contributed by atoms with Crippen LogP contribution in [0.15, 0.2) is 53.9 Å². The zero-order valence-electron chi connectivity index (χ0n) is 14.2. The van der Waals surface area contributed by atoms with Crippen molar-refractivity contribution in [2.45, 2.75) is 6.18 Å². The van der Waals surface area contributed by atoms with Gasteiger partial charge in [-0.15, -0.1) is 0 Å². The lowest BCUT2D eigenvalue weighted by Crippen LogP contribution is -2.19. The van der Waals surface area contributed by atoms with Crippen molar-refractivity contribution in [3.8, 4) is 17.2 Å². The van der Waals surface area contributed by atoms with Crippen LogP contribution in [-0.4, -0.2) is 40.6 Å². The molecule has 13 heteroatoms. The second-order valence-electron chi connectivity index (χ2n) is 5.48. The first-order valence-electron chi connectivity index (χ1n) is 7.89. The summed E-state index contributed by atoms with van der Waals surface area (Å²) in [5.41, 5.74) is -0.601. The Balaban J connectivity index is 1.52. The van der Waals surface area contributed by atoms with E-state index in [1.54, 1.807) is 0 Å². The van der Waals surface area contributed by atoms with Gasteiger partial charge in [-0.05, 0) is 12.1 Å². The molecule has 4 rings (SSSR count). The van der Waals surface area contributed by atoms with E-state index in [1.165, 1.54) is 23.3 Å². The summed E-state index contributed by atoms with van der Waals surface area (Å²) < 4.78 is 44.2. The van der Waals surface area contributed by atoms with Crippen LogP contribution in [0.2, 0.25) is 0 Å². The fourth-order valence-electron chi connectivity index (χ4n) is 2.28. The molecule has 1 amide bonds. The van der Waals surface area contributed by atoms with Crippen LogP contribution in [0.3, 0.4) is 0 Å². The highest BCUT2D eigenvalue weighted by Crippen LogP contribution is 2.29. The highest BCUT2D eigenvalue weighted by Gasteiger charge is 2.30. The van der Waals surface area contributed by atoms with Crippen LogP contribution >= 0.6 is 0 Å². The summed E-state index contributed by atoms with van der Waals surface area (Å²) in [6.45, 7) is 0. The molecule has 0 saturated heterocycles. The first-order valence-corrected chi connectivity index (χ1v) is 7.89. The number of halogens is 3. The van der Waals surface area contributed by atoms with Crippen molar-refractivity contribution in [1.29, 1.82) is 0 Å². The van der Waals surface area contributed by atoms with Gasteiger partial charge in [-0.2, -0.15) is 27.9 Å². The topological polar surface area (TPSA) is 125 Å². The zero-order valence-corrected chi connectivity index (χ0v) is 14.2. The monoisotopic (exact) mass is 402 g/mol. The number of alkyl halides is 3. The lowest BCUT2D eigenvalue weighted by molar-refractivity contribution is -0.137. The number of hydrogen-bond donors (Lipinski definition) is 1. The number of nitrogens with one attached hydrogen (secondary N) is 1. The lowest BCUT2D eigenvalue weighted by Gasteiger charge is -2.05. The van der Waals surface area contributed by atoms with Crippen LogP contribution in [0.4, 0.5) is 19.2 Å². The number of aromatic nitrogens is 7. The fourth-order valence-corrected chi connectivity index (χ4v) is 2.28. The summed E-state index contributed by atoms with van der Waals surface area (Å²) in [7, 11) is 0. The van der Waals surface area contributed by atoms with Crippen LogP contribution in [0.5, 0.6) is 0 Å². The number of nitrogens with zero attached hydrogens (tertiary/aromatic N) is 7. The largest absolute Gasteiger partial charge is 0.431 e. The van der Waals surface area contributed by atoms with E-state index in [0.29, 0.717) is 6.20 Å². The third-order valence-electron chi connectivity index (χ3n) is 3.60. The first kappa shape index (κ1) is 18.2. The van der Waals surface area contributed by atoms with Gasteiger partial charge in [0, 0.05) is 18.6 Å². The van der Waals surface area contributed by atoms with Gasteiger partial charge in [-0.1, -0.05) is 0 Å². The Morgan fingerprint density at radius 1 is 1.07 bits per heavy atom. The van der Waals surface area contributed by atoms with Gasteiger partial charge in [0.2, 0.25) is 5.82 Å². The standard InChI is InChI=1S/C16H9F3N8O2/c17-16(18,19)9-1-2-10(22-5-9)11-7-29-15(25-11)26-14(28)13-23-8-24-27(13)12-6-20-3-4-21-12/h1-8H,(H,25,26,28). The summed E-state index contributed by atoms with van der Waals surface area (Å²) in [4.78, 5) is 32.0. The molecule has 0 unspecified atom stereocenters. The second-order valence-corrected chi connectivity index (χ2v) is 5.48. The molecule has 0 bridgehead atoms. The second kappa shape index (κ2) is 7.10. The molecule has 0 aromatic carbocycles. The Labute approximate surface area is 159 Å². The van der Waals surface area contributed by atoms with Crippen molar-refractivity contribution in [3.63, 3.8) is 0 Å². The molecule has 0 saturated carbocycles. The number of oxazole rings is 1. The molecule has 0 spiro atoms. The molecule has 4 aromatic heterocycles. The maximum Gasteiger partial charge on any atom is 0.417 e. The Hall–Kier alpha value is -4.16. The van der Waals surface area contributed by atoms with E-state index in [9.17, 15) is 18.0 Å². The smallest absolute Gasteiger partial charge is 0.417 e. The number of rotatable bonds is 4. The van der Waals surface area contributed by atoms with Gasteiger partial charge in [-0.25, -0.2) is 9.97 Å². The van der Waals surface area contributed by atoms with Gasteiger partial charge in [-0.3, -0.25) is 20.1 Å². The van der Waals surface area contributed by atoms with Crippen LogP contribution in [0, 0.1) is 0 Å². The van der Waals surface area contributed by atoms with Gasteiger partial charge in [0.25, 0.3) is 5.91 Å². The van der Waals surface area contributed by atoms with E-state index in [1.807, 2.05) is 0 Å². The molecular formula is C16H9F3N8O2. The molecule has 0 fully saturated rings. The van der Waals surface area contributed by atoms with E-state index < -0.39 is 17.6 Å². The van der Waals surface area contributed by atoms with Crippen molar-refractivity contribution in [2.75, 3.05) is 5.32 Å². The van der Waals surface area contributed by atoms with Gasteiger partial charge >= 0.3 is 12.2 Å². The van der Waals surface area contributed by atoms with Crippen molar-refractivity contribution in [3.05, 3.63) is 60.9 Å². The molecule has 4 heterocycles. The van der Waals surface area contributed by atoms with Crippen LogP contribution in [-0.2, 0) is 6.18 Å². The first-order chi connectivity index (χ1) is 13.9. The summed E-state index contributed by atoms with van der Waals surface area (Å²) in [5.74, 6) is -0.517. The van der Waals surface area contributed by atoms with Crippen LogP contribution < -0.4 is 5.32 Å². The number of anilines is 1. The zero-order chi connectivity index (χ0) is 20.4. The van der Waals surface area contributed by atoms with Crippen molar-refractivity contribution in [2.24, 2.45) is 0 Å². The third kappa shape index (κ3) is 3.78. The van der Waals surface area contributed by atoms with Gasteiger partial charge in [0.1, 0.15) is 18.3 Å². The normalized spacial score (nSPS) is 11.4. The molecule has 146 valence electrons. The Kier molecular flexibility index (Phi) is 4.46. The van der Waals surface area contributed by atoms with Gasteiger partial charge in [0.05, 0.1) is 17.5 Å². The number of carbonyl (C=O) groups is 1. The Morgan fingerprint density at radius 3 is 2.62 bits per heavy atom. The van der Waals surface area contributed by atoms with E-state index in [-0.39, 0.29) is 29.0 Å². The average molecular weight is 402 g/mol. The summed E-state index contributed by atoms with van der Waals surface area (Å²) >= 11 is 0. The number of pyridine rings is 1. The quantitative estimate of drug-likeness (QED) is 0.552. The molecule has 0 aliphatic heterocycles. The maximum atomic E-state index is 12.6. The maximum absolute atomic E-state index is 12.6. The molecular weight excluding hydrogens is 393 g/mol. The fraction of sp³-hybridized carbons (Fsp3) is 0.0625. The van der Waals surface area contributed by atoms with E-state index in [0.717, 1.165) is 24.7 Å². The molecule has 10 nitrogen and oxygen atoms in total. The SMILES string of the molecule is O=C(Nc1nc(-c2ccc(C(F)(F)F)cn2)co1)c1ncnn1-c1cnccn1.